The summed E-state index contributed by atoms with van der Waals surface area (Å²) in [5.74, 6) is -0.194. The average Bonchev–Trinajstić information content (AvgIpc) is 2.91. The van der Waals surface area contributed by atoms with E-state index in [4.69, 9.17) is 14.2 Å². The predicted molar refractivity (Wildman–Crippen MR) is 85.4 cm³/mol. The van der Waals surface area contributed by atoms with Crippen molar-refractivity contribution in [1.29, 1.82) is 0 Å². The topological polar surface area (TPSA) is 27.7 Å². The van der Waals surface area contributed by atoms with Crippen LogP contribution in [-0.2, 0) is 14.2 Å². The smallest absolute Gasteiger partial charge is 0.164 e. The van der Waals surface area contributed by atoms with E-state index in [0.29, 0.717) is 5.92 Å². The van der Waals surface area contributed by atoms with E-state index < -0.39 is 5.79 Å². The molecule has 1 unspecified atom stereocenters. The third-order valence-electron chi connectivity index (χ3n) is 5.32. The highest BCUT2D eigenvalue weighted by Crippen LogP contribution is 2.50. The quantitative estimate of drug-likeness (QED) is 0.791. The molecule has 4 rings (SSSR count). The summed E-state index contributed by atoms with van der Waals surface area (Å²) in [5.41, 5.74) is 5.37. The molecule has 0 saturated carbocycles. The maximum Gasteiger partial charge on any atom is 0.164 e. The first-order valence-electron chi connectivity index (χ1n) is 8.17. The lowest BCUT2D eigenvalue weighted by Crippen LogP contribution is -2.36. The number of ether oxygens (including phenoxy) is 3. The minimum absolute atomic E-state index is 0.0163. The fourth-order valence-corrected chi connectivity index (χ4v) is 4.39. The Morgan fingerprint density at radius 3 is 2.36 bits per heavy atom. The molecule has 0 N–H and O–H groups in total. The van der Waals surface area contributed by atoms with Gasteiger partial charge in [0.05, 0.1) is 6.10 Å². The number of aryl methyl sites for hydroxylation is 1. The second kappa shape index (κ2) is 4.67. The molecule has 0 amide bonds. The maximum absolute atomic E-state index is 6.27. The number of benzene rings is 1. The van der Waals surface area contributed by atoms with Crippen molar-refractivity contribution in [3.05, 3.63) is 41.0 Å². The van der Waals surface area contributed by atoms with Crippen LogP contribution in [0.2, 0.25) is 0 Å². The number of rotatable bonds is 1. The van der Waals surface area contributed by atoms with Gasteiger partial charge in [0.2, 0.25) is 0 Å². The Hall–Kier alpha value is -1.16. The molecule has 3 aliphatic rings. The van der Waals surface area contributed by atoms with Crippen LogP contribution in [0.15, 0.2) is 29.8 Å². The highest BCUT2D eigenvalue weighted by Gasteiger charge is 2.59. The van der Waals surface area contributed by atoms with Crippen LogP contribution in [0, 0.1) is 12.8 Å². The van der Waals surface area contributed by atoms with E-state index in [2.05, 4.69) is 45.0 Å². The Labute approximate surface area is 132 Å². The standard InChI is InChI=1S/C19H24O3/c1-10-8-6-7-9-13(10)14-11(2)15-17-18(16(20-15)12(14)3)22-19(4,5)21-17/h6-9,11,15-18H,1-5H3/t11?,15-,16+,17-,18+/m0/s1. The molecular formula is C19H24O3. The van der Waals surface area contributed by atoms with Gasteiger partial charge in [-0.3, -0.25) is 0 Å². The van der Waals surface area contributed by atoms with Gasteiger partial charge in [-0.05, 0) is 50.0 Å². The summed E-state index contributed by atoms with van der Waals surface area (Å²) in [4.78, 5) is 0. The Morgan fingerprint density at radius 2 is 1.64 bits per heavy atom. The molecular weight excluding hydrogens is 276 g/mol. The van der Waals surface area contributed by atoms with Gasteiger partial charge in [0.1, 0.15) is 18.3 Å². The van der Waals surface area contributed by atoms with Crippen LogP contribution in [0.1, 0.15) is 38.8 Å². The van der Waals surface area contributed by atoms with Crippen LogP contribution in [0.3, 0.4) is 0 Å². The van der Waals surface area contributed by atoms with Gasteiger partial charge in [-0.2, -0.15) is 0 Å². The van der Waals surface area contributed by atoms with Gasteiger partial charge in [-0.1, -0.05) is 31.2 Å². The van der Waals surface area contributed by atoms with E-state index in [1.165, 1.54) is 22.3 Å². The molecule has 3 nitrogen and oxygen atoms in total. The van der Waals surface area contributed by atoms with Crippen LogP contribution in [0.5, 0.6) is 0 Å². The molecule has 1 aromatic rings. The van der Waals surface area contributed by atoms with Crippen molar-refractivity contribution >= 4 is 5.57 Å². The van der Waals surface area contributed by atoms with Gasteiger partial charge in [0.15, 0.2) is 5.79 Å². The molecule has 2 fully saturated rings. The zero-order valence-electron chi connectivity index (χ0n) is 13.9. The minimum atomic E-state index is -0.504. The first kappa shape index (κ1) is 14.4. The molecule has 3 heterocycles. The summed E-state index contributed by atoms with van der Waals surface area (Å²) in [6.07, 6.45) is 0.146. The van der Waals surface area contributed by atoms with Crippen molar-refractivity contribution < 1.29 is 14.2 Å². The van der Waals surface area contributed by atoms with Gasteiger partial charge in [0.25, 0.3) is 0 Å². The summed E-state index contributed by atoms with van der Waals surface area (Å²) in [5, 5.41) is 0. The van der Waals surface area contributed by atoms with E-state index in [-0.39, 0.29) is 24.4 Å². The van der Waals surface area contributed by atoms with Crippen LogP contribution < -0.4 is 0 Å². The third kappa shape index (κ3) is 1.92. The fourth-order valence-electron chi connectivity index (χ4n) is 4.39. The molecule has 0 radical (unpaired) electrons. The summed E-state index contributed by atoms with van der Waals surface area (Å²) in [6, 6.07) is 8.61. The van der Waals surface area contributed by atoms with E-state index in [9.17, 15) is 0 Å². The van der Waals surface area contributed by atoms with Crippen LogP contribution >= 0.6 is 0 Å². The van der Waals surface area contributed by atoms with Crippen molar-refractivity contribution in [2.24, 2.45) is 5.92 Å². The van der Waals surface area contributed by atoms with E-state index >= 15 is 0 Å². The zero-order chi connectivity index (χ0) is 15.6. The Kier molecular flexibility index (Phi) is 3.06. The van der Waals surface area contributed by atoms with Gasteiger partial charge in [0, 0.05) is 5.92 Å². The summed E-state index contributed by atoms with van der Waals surface area (Å²) in [6.45, 7) is 10.6. The Balaban J connectivity index is 1.80. The highest BCUT2D eigenvalue weighted by molar-refractivity contribution is 5.74. The number of hydrogen-bond acceptors (Lipinski definition) is 3. The lowest BCUT2D eigenvalue weighted by Gasteiger charge is -2.35. The molecule has 3 heteroatoms. The maximum atomic E-state index is 6.27. The molecule has 5 atom stereocenters. The van der Waals surface area contributed by atoms with Gasteiger partial charge in [-0.15, -0.1) is 0 Å². The third-order valence-corrected chi connectivity index (χ3v) is 5.32. The van der Waals surface area contributed by atoms with Crippen molar-refractivity contribution in [2.75, 3.05) is 0 Å². The second-order valence-electron chi connectivity index (χ2n) is 7.29. The first-order chi connectivity index (χ1) is 10.4. The molecule has 1 aromatic carbocycles. The molecule has 0 spiro atoms. The molecule has 3 aliphatic heterocycles. The molecule has 0 aromatic heterocycles. The first-order valence-corrected chi connectivity index (χ1v) is 8.17. The normalized spacial score (nSPS) is 39.2. The Bertz CT molecular complexity index is 646. The van der Waals surface area contributed by atoms with E-state index in [1.807, 2.05) is 13.8 Å². The Morgan fingerprint density at radius 1 is 0.955 bits per heavy atom. The second-order valence-corrected chi connectivity index (χ2v) is 7.29. The summed E-state index contributed by atoms with van der Waals surface area (Å²) in [7, 11) is 0. The summed E-state index contributed by atoms with van der Waals surface area (Å²) < 4.78 is 18.6. The van der Waals surface area contributed by atoms with Crippen molar-refractivity contribution in [1.82, 2.24) is 0 Å². The molecule has 22 heavy (non-hydrogen) atoms. The van der Waals surface area contributed by atoms with Crippen LogP contribution in [0.25, 0.3) is 5.57 Å². The molecule has 2 saturated heterocycles. The SMILES string of the molecule is CC1=C(c2ccccc2C)C(C)[C@@H]2O[C@H]1[C@H]1OC(C)(C)O[C@H]12. The summed E-state index contributed by atoms with van der Waals surface area (Å²) >= 11 is 0. The van der Waals surface area contributed by atoms with Crippen LogP contribution in [-0.4, -0.2) is 30.2 Å². The molecule has 118 valence electrons. The highest BCUT2D eigenvalue weighted by atomic mass is 16.8. The monoisotopic (exact) mass is 300 g/mol. The minimum Gasteiger partial charge on any atom is -0.364 e. The lowest BCUT2D eigenvalue weighted by molar-refractivity contribution is -0.187. The average molecular weight is 300 g/mol. The lowest BCUT2D eigenvalue weighted by atomic mass is 9.83. The van der Waals surface area contributed by atoms with Gasteiger partial charge in [-0.25, -0.2) is 0 Å². The predicted octanol–water partition coefficient (Wildman–Crippen LogP) is 3.71. The van der Waals surface area contributed by atoms with Crippen molar-refractivity contribution in [2.45, 2.75) is 64.8 Å². The van der Waals surface area contributed by atoms with Crippen molar-refractivity contribution in [3.8, 4) is 0 Å². The molecule has 2 bridgehead atoms. The number of hydrogen-bond donors (Lipinski definition) is 0. The number of fused-ring (bicyclic) bond motifs is 5. The fraction of sp³-hybridized carbons (Fsp3) is 0.579. The largest absolute Gasteiger partial charge is 0.364 e. The van der Waals surface area contributed by atoms with Crippen LogP contribution in [0.4, 0.5) is 0 Å². The van der Waals surface area contributed by atoms with Gasteiger partial charge < -0.3 is 14.2 Å². The van der Waals surface area contributed by atoms with Gasteiger partial charge >= 0.3 is 0 Å². The van der Waals surface area contributed by atoms with E-state index in [1.54, 1.807) is 0 Å². The van der Waals surface area contributed by atoms with Crippen molar-refractivity contribution in [3.63, 3.8) is 0 Å². The van der Waals surface area contributed by atoms with E-state index in [0.717, 1.165) is 0 Å². The molecule has 0 aliphatic carbocycles. The zero-order valence-corrected chi connectivity index (χ0v) is 13.9.